The summed E-state index contributed by atoms with van der Waals surface area (Å²) in [5.74, 6) is -0.958. The number of aryl methyl sites for hydroxylation is 1. The topological polar surface area (TPSA) is 64.3 Å². The minimum atomic E-state index is -0.958. The van der Waals surface area contributed by atoms with E-state index in [9.17, 15) is 9.90 Å². The molecule has 0 fully saturated rings. The highest BCUT2D eigenvalue weighted by Crippen LogP contribution is 2.28. The molecule has 0 aliphatic heterocycles. The van der Waals surface area contributed by atoms with Crippen molar-refractivity contribution >= 4 is 17.3 Å². The average molecular weight is 266 g/mol. The molecule has 0 saturated carbocycles. The van der Waals surface area contributed by atoms with Crippen molar-refractivity contribution in [3.8, 4) is 6.07 Å². The Labute approximate surface area is 117 Å². The number of nitriles is 1. The molecule has 0 bridgehead atoms. The van der Waals surface area contributed by atoms with Gasteiger partial charge in [0.05, 0.1) is 22.9 Å². The van der Waals surface area contributed by atoms with E-state index in [-0.39, 0.29) is 5.56 Å². The first-order chi connectivity index (χ1) is 9.52. The van der Waals surface area contributed by atoms with Gasteiger partial charge in [0.15, 0.2) is 0 Å². The van der Waals surface area contributed by atoms with E-state index < -0.39 is 5.97 Å². The summed E-state index contributed by atoms with van der Waals surface area (Å²) in [6.07, 6.45) is 0. The van der Waals surface area contributed by atoms with Crippen LogP contribution in [0.15, 0.2) is 42.5 Å². The third kappa shape index (κ3) is 2.62. The third-order valence-corrected chi connectivity index (χ3v) is 3.13. The van der Waals surface area contributed by atoms with Crippen LogP contribution in [0.5, 0.6) is 0 Å². The molecule has 4 heteroatoms. The number of hydrogen-bond donors (Lipinski definition) is 1. The van der Waals surface area contributed by atoms with Gasteiger partial charge in [-0.3, -0.25) is 0 Å². The molecule has 0 unspecified atom stereocenters. The number of carboxylic acid groups (broad SMARTS) is 1. The lowest BCUT2D eigenvalue weighted by Gasteiger charge is -2.22. The lowest BCUT2D eigenvalue weighted by Crippen LogP contribution is -2.14. The standard InChI is InChI=1S/C16H14N2O2/c1-11-3-8-14(16(19)20)15(9-11)18(2)13-6-4-12(10-17)5-7-13/h3-9H,1-2H3,(H,19,20). The van der Waals surface area contributed by atoms with E-state index in [0.717, 1.165) is 11.3 Å². The Morgan fingerprint density at radius 3 is 2.40 bits per heavy atom. The number of carboxylic acids is 1. The fourth-order valence-electron chi connectivity index (χ4n) is 2.00. The number of hydrogen-bond acceptors (Lipinski definition) is 3. The van der Waals surface area contributed by atoms with Crippen LogP contribution in [0.4, 0.5) is 11.4 Å². The van der Waals surface area contributed by atoms with Crippen LogP contribution in [0.25, 0.3) is 0 Å². The quantitative estimate of drug-likeness (QED) is 0.925. The van der Waals surface area contributed by atoms with Crippen LogP contribution in [0.3, 0.4) is 0 Å². The average Bonchev–Trinajstić information content (AvgIpc) is 2.46. The molecule has 1 N–H and O–H groups in total. The van der Waals surface area contributed by atoms with Crippen molar-refractivity contribution in [1.29, 1.82) is 5.26 Å². The van der Waals surface area contributed by atoms with Crippen molar-refractivity contribution in [2.45, 2.75) is 6.92 Å². The normalized spacial score (nSPS) is 9.85. The predicted molar refractivity (Wildman–Crippen MR) is 77.4 cm³/mol. The molecule has 2 aromatic carbocycles. The van der Waals surface area contributed by atoms with E-state index in [0.29, 0.717) is 11.3 Å². The highest BCUT2D eigenvalue weighted by atomic mass is 16.4. The van der Waals surface area contributed by atoms with Crippen molar-refractivity contribution in [2.75, 3.05) is 11.9 Å². The fraction of sp³-hybridized carbons (Fsp3) is 0.125. The molecule has 2 aromatic rings. The van der Waals surface area contributed by atoms with Crippen LogP contribution >= 0.6 is 0 Å². The van der Waals surface area contributed by atoms with Crippen LogP contribution in [0.2, 0.25) is 0 Å². The van der Waals surface area contributed by atoms with Gasteiger partial charge in [0.1, 0.15) is 0 Å². The summed E-state index contributed by atoms with van der Waals surface area (Å²) >= 11 is 0. The van der Waals surface area contributed by atoms with Crippen LogP contribution in [0, 0.1) is 18.3 Å². The molecule has 0 aromatic heterocycles. The molecule has 0 radical (unpaired) electrons. The summed E-state index contributed by atoms with van der Waals surface area (Å²) in [5.41, 5.74) is 3.28. The second-order valence-corrected chi connectivity index (χ2v) is 4.54. The van der Waals surface area contributed by atoms with Gasteiger partial charge in [-0.1, -0.05) is 6.07 Å². The summed E-state index contributed by atoms with van der Waals surface area (Å²) in [7, 11) is 1.81. The second kappa shape index (κ2) is 5.45. The molecular weight excluding hydrogens is 252 g/mol. The van der Waals surface area contributed by atoms with Crippen molar-refractivity contribution in [2.24, 2.45) is 0 Å². The maximum absolute atomic E-state index is 11.3. The van der Waals surface area contributed by atoms with Gasteiger partial charge < -0.3 is 10.0 Å². The van der Waals surface area contributed by atoms with Gasteiger partial charge in [-0.2, -0.15) is 5.26 Å². The number of aromatic carboxylic acids is 1. The fourth-order valence-corrected chi connectivity index (χ4v) is 2.00. The number of benzene rings is 2. The van der Waals surface area contributed by atoms with Gasteiger partial charge in [-0.15, -0.1) is 0 Å². The molecule has 0 spiro atoms. The van der Waals surface area contributed by atoms with Crippen LogP contribution < -0.4 is 4.90 Å². The van der Waals surface area contributed by atoms with Gasteiger partial charge in [-0.05, 0) is 48.9 Å². The summed E-state index contributed by atoms with van der Waals surface area (Å²) in [6.45, 7) is 1.92. The summed E-state index contributed by atoms with van der Waals surface area (Å²) < 4.78 is 0. The lowest BCUT2D eigenvalue weighted by molar-refractivity contribution is 0.0697. The van der Waals surface area contributed by atoms with Gasteiger partial charge in [-0.25, -0.2) is 4.79 Å². The molecule has 0 heterocycles. The predicted octanol–water partition coefficient (Wildman–Crippen LogP) is 3.33. The minimum Gasteiger partial charge on any atom is -0.478 e. The van der Waals surface area contributed by atoms with Crippen molar-refractivity contribution < 1.29 is 9.90 Å². The maximum Gasteiger partial charge on any atom is 0.337 e. The zero-order valence-electron chi connectivity index (χ0n) is 11.3. The lowest BCUT2D eigenvalue weighted by atomic mass is 10.1. The van der Waals surface area contributed by atoms with E-state index >= 15 is 0 Å². The highest BCUT2D eigenvalue weighted by Gasteiger charge is 2.14. The SMILES string of the molecule is Cc1ccc(C(=O)O)c(N(C)c2ccc(C#N)cc2)c1. The molecule has 2 rings (SSSR count). The summed E-state index contributed by atoms with van der Waals surface area (Å²) in [4.78, 5) is 13.1. The maximum atomic E-state index is 11.3. The molecule has 4 nitrogen and oxygen atoms in total. The molecule has 0 saturated heterocycles. The largest absolute Gasteiger partial charge is 0.478 e. The summed E-state index contributed by atoms with van der Waals surface area (Å²) in [5, 5.41) is 18.1. The number of rotatable bonds is 3. The Bertz CT molecular complexity index is 685. The molecule has 0 atom stereocenters. The van der Waals surface area contributed by atoms with E-state index in [1.54, 1.807) is 41.3 Å². The monoisotopic (exact) mass is 266 g/mol. The van der Waals surface area contributed by atoms with E-state index in [2.05, 4.69) is 6.07 Å². The van der Waals surface area contributed by atoms with Gasteiger partial charge in [0.2, 0.25) is 0 Å². The molecule has 100 valence electrons. The first-order valence-electron chi connectivity index (χ1n) is 6.11. The summed E-state index contributed by atoms with van der Waals surface area (Å²) in [6, 6.07) is 14.3. The second-order valence-electron chi connectivity index (χ2n) is 4.54. The van der Waals surface area contributed by atoms with Crippen molar-refractivity contribution in [3.63, 3.8) is 0 Å². The zero-order chi connectivity index (χ0) is 14.7. The number of carbonyl (C=O) groups is 1. The Morgan fingerprint density at radius 2 is 1.85 bits per heavy atom. The van der Waals surface area contributed by atoms with Crippen LogP contribution in [0.1, 0.15) is 21.5 Å². The van der Waals surface area contributed by atoms with Crippen molar-refractivity contribution in [3.05, 3.63) is 59.2 Å². The molecule has 0 aliphatic rings. The van der Waals surface area contributed by atoms with Gasteiger partial charge in [0, 0.05) is 12.7 Å². The van der Waals surface area contributed by atoms with Gasteiger partial charge in [0.25, 0.3) is 0 Å². The first kappa shape index (κ1) is 13.6. The van der Waals surface area contributed by atoms with Crippen LogP contribution in [-0.4, -0.2) is 18.1 Å². The number of nitrogens with zero attached hydrogens (tertiary/aromatic N) is 2. The molecule has 0 amide bonds. The van der Waals surface area contributed by atoms with Crippen LogP contribution in [-0.2, 0) is 0 Å². The molecule has 0 aliphatic carbocycles. The van der Waals surface area contributed by atoms with E-state index in [1.807, 2.05) is 20.0 Å². The molecule has 20 heavy (non-hydrogen) atoms. The minimum absolute atomic E-state index is 0.252. The smallest absolute Gasteiger partial charge is 0.337 e. The Hall–Kier alpha value is -2.80. The first-order valence-corrected chi connectivity index (χ1v) is 6.11. The Balaban J connectivity index is 2.46. The van der Waals surface area contributed by atoms with E-state index in [4.69, 9.17) is 5.26 Å². The van der Waals surface area contributed by atoms with Crippen molar-refractivity contribution in [1.82, 2.24) is 0 Å². The van der Waals surface area contributed by atoms with E-state index in [1.165, 1.54) is 0 Å². The Morgan fingerprint density at radius 1 is 1.20 bits per heavy atom. The number of anilines is 2. The highest BCUT2D eigenvalue weighted by molar-refractivity contribution is 5.95. The van der Waals surface area contributed by atoms with Gasteiger partial charge >= 0.3 is 5.97 Å². The third-order valence-electron chi connectivity index (χ3n) is 3.13. The Kier molecular flexibility index (Phi) is 3.72. The zero-order valence-corrected chi connectivity index (χ0v) is 11.3. The molecular formula is C16H14N2O2.